The minimum absolute atomic E-state index is 0.0972. The maximum Gasteiger partial charge on any atom is 0.303 e. The summed E-state index contributed by atoms with van der Waals surface area (Å²) in [5.74, 6) is -0.664. The second-order valence-corrected chi connectivity index (χ2v) is 7.71. The molecule has 168 valence electrons. The van der Waals surface area contributed by atoms with Crippen LogP contribution in [-0.4, -0.2) is 34.0 Å². The Kier molecular flexibility index (Phi) is 27.4. The van der Waals surface area contributed by atoms with E-state index in [-0.39, 0.29) is 6.61 Å². The second kappa shape index (κ2) is 26.1. The Morgan fingerprint density at radius 3 is 1.68 bits per heavy atom. The van der Waals surface area contributed by atoms with E-state index in [1.54, 1.807) is 0 Å². The highest BCUT2D eigenvalue weighted by atomic mass is 16.4. The van der Waals surface area contributed by atoms with Crippen LogP contribution in [0.5, 0.6) is 0 Å². The minimum Gasteiger partial charge on any atom is -0.481 e. The van der Waals surface area contributed by atoms with Crippen molar-refractivity contribution in [3.8, 4) is 0 Å². The molecule has 0 radical (unpaired) electrons. The van der Waals surface area contributed by atoms with E-state index >= 15 is 0 Å². The fraction of sp³-hybridized carbons (Fsp3) is 0.875. The molecule has 1 atom stereocenters. The van der Waals surface area contributed by atoms with Crippen molar-refractivity contribution in [1.82, 2.24) is 0 Å². The Bertz CT molecular complexity index is 329. The van der Waals surface area contributed by atoms with Gasteiger partial charge in [-0.15, -0.1) is 0 Å². The first kappa shape index (κ1) is 29.3. The first-order chi connectivity index (χ1) is 13.6. The predicted octanol–water partition coefficient (Wildman–Crippen LogP) is 6.64. The first-order valence-corrected chi connectivity index (χ1v) is 11.7. The monoisotopic (exact) mass is 400 g/mol. The van der Waals surface area contributed by atoms with Gasteiger partial charge in [-0.25, -0.2) is 0 Å². The molecule has 0 aromatic carbocycles. The molecule has 1 unspecified atom stereocenters. The van der Waals surface area contributed by atoms with E-state index in [0.717, 1.165) is 32.1 Å². The highest BCUT2D eigenvalue weighted by Gasteiger charge is 1.98. The smallest absolute Gasteiger partial charge is 0.303 e. The van der Waals surface area contributed by atoms with Crippen LogP contribution < -0.4 is 0 Å². The molecule has 0 heterocycles. The van der Waals surface area contributed by atoms with E-state index in [1.807, 2.05) is 0 Å². The molecular formula is C24H48O4. The number of carboxylic acid groups (broad SMARTS) is 1. The van der Waals surface area contributed by atoms with E-state index in [1.165, 1.54) is 70.6 Å². The molecule has 28 heavy (non-hydrogen) atoms. The molecule has 4 heteroatoms. The van der Waals surface area contributed by atoms with Crippen LogP contribution in [-0.2, 0) is 4.79 Å². The number of rotatable bonds is 19. The van der Waals surface area contributed by atoms with Crippen LogP contribution in [0.4, 0.5) is 0 Å². The third-order valence-corrected chi connectivity index (χ3v) is 4.75. The molecule has 0 spiro atoms. The van der Waals surface area contributed by atoms with Crippen molar-refractivity contribution in [3.63, 3.8) is 0 Å². The van der Waals surface area contributed by atoms with Crippen LogP contribution in [0.2, 0.25) is 0 Å². The normalized spacial score (nSPS) is 12.0. The van der Waals surface area contributed by atoms with Crippen molar-refractivity contribution in [2.75, 3.05) is 6.61 Å². The topological polar surface area (TPSA) is 77.8 Å². The maximum atomic E-state index is 10.3. The number of carbonyl (C=O) groups is 1. The molecule has 0 fully saturated rings. The molecule has 0 aromatic rings. The lowest BCUT2D eigenvalue weighted by atomic mass is 10.1. The molecule has 0 aliphatic carbocycles. The summed E-state index contributed by atoms with van der Waals surface area (Å²) in [6, 6.07) is 0. The fourth-order valence-electron chi connectivity index (χ4n) is 2.88. The summed E-state index contributed by atoms with van der Waals surface area (Å²) in [4.78, 5) is 10.3. The van der Waals surface area contributed by atoms with Crippen LogP contribution in [0.25, 0.3) is 0 Å². The minimum atomic E-state index is -0.664. The Balaban J connectivity index is 0. The zero-order chi connectivity index (χ0) is 21.3. The van der Waals surface area contributed by atoms with Crippen molar-refractivity contribution in [2.45, 2.75) is 129 Å². The Morgan fingerprint density at radius 2 is 1.21 bits per heavy atom. The standard InChI is InChI=1S/C18H34O2.C6H14O2/c1-2-3-4-5-6-7-8-9-10-11-12-13-14-15-16-17-18(19)20;1-2-3-4-6(8)5-7/h9-10H,2-8,11-17H2,1H3,(H,19,20);6-8H,2-5H2,1H3. The van der Waals surface area contributed by atoms with Gasteiger partial charge in [-0.05, 0) is 38.5 Å². The van der Waals surface area contributed by atoms with Gasteiger partial charge in [0.2, 0.25) is 0 Å². The van der Waals surface area contributed by atoms with Crippen molar-refractivity contribution in [1.29, 1.82) is 0 Å². The number of hydrogen-bond acceptors (Lipinski definition) is 3. The predicted molar refractivity (Wildman–Crippen MR) is 120 cm³/mol. The maximum absolute atomic E-state index is 10.3. The van der Waals surface area contributed by atoms with E-state index in [0.29, 0.717) is 6.42 Å². The van der Waals surface area contributed by atoms with Gasteiger partial charge in [0.1, 0.15) is 0 Å². The Hall–Kier alpha value is -0.870. The summed E-state index contributed by atoms with van der Waals surface area (Å²) in [6.45, 7) is 4.22. The second-order valence-electron chi connectivity index (χ2n) is 7.71. The number of aliphatic hydroxyl groups excluding tert-OH is 2. The van der Waals surface area contributed by atoms with Crippen LogP contribution in [0, 0.1) is 0 Å². The van der Waals surface area contributed by atoms with Gasteiger partial charge in [0.25, 0.3) is 0 Å². The number of hydrogen-bond donors (Lipinski definition) is 3. The average Bonchev–Trinajstić information content (AvgIpc) is 2.69. The average molecular weight is 401 g/mol. The number of allylic oxidation sites excluding steroid dienone is 2. The third-order valence-electron chi connectivity index (χ3n) is 4.75. The van der Waals surface area contributed by atoms with Gasteiger partial charge in [0.05, 0.1) is 12.7 Å². The molecule has 0 saturated carbocycles. The Labute approximate surface area is 174 Å². The number of aliphatic hydroxyl groups is 2. The molecule has 0 amide bonds. The van der Waals surface area contributed by atoms with Crippen LogP contribution in [0.1, 0.15) is 123 Å². The molecule has 0 aromatic heterocycles. The fourth-order valence-corrected chi connectivity index (χ4v) is 2.88. The van der Waals surface area contributed by atoms with Crippen molar-refractivity contribution in [3.05, 3.63) is 12.2 Å². The van der Waals surface area contributed by atoms with Crippen LogP contribution in [0.15, 0.2) is 12.2 Å². The van der Waals surface area contributed by atoms with Crippen LogP contribution >= 0.6 is 0 Å². The zero-order valence-corrected chi connectivity index (χ0v) is 18.7. The summed E-state index contributed by atoms with van der Waals surface area (Å²) in [5.41, 5.74) is 0. The summed E-state index contributed by atoms with van der Waals surface area (Å²) >= 11 is 0. The van der Waals surface area contributed by atoms with E-state index in [4.69, 9.17) is 15.3 Å². The molecular weight excluding hydrogens is 352 g/mol. The Morgan fingerprint density at radius 1 is 0.750 bits per heavy atom. The largest absolute Gasteiger partial charge is 0.481 e. The molecule has 3 N–H and O–H groups in total. The zero-order valence-electron chi connectivity index (χ0n) is 18.7. The van der Waals surface area contributed by atoms with Gasteiger partial charge >= 0.3 is 5.97 Å². The van der Waals surface area contributed by atoms with Crippen molar-refractivity contribution in [2.24, 2.45) is 0 Å². The third kappa shape index (κ3) is 29.9. The van der Waals surface area contributed by atoms with Gasteiger partial charge in [-0.1, -0.05) is 90.2 Å². The lowest BCUT2D eigenvalue weighted by Crippen LogP contribution is -2.10. The first-order valence-electron chi connectivity index (χ1n) is 11.7. The van der Waals surface area contributed by atoms with Crippen LogP contribution in [0.3, 0.4) is 0 Å². The molecule has 0 bridgehead atoms. The lowest BCUT2D eigenvalue weighted by molar-refractivity contribution is -0.137. The lowest BCUT2D eigenvalue weighted by Gasteiger charge is -2.02. The highest BCUT2D eigenvalue weighted by molar-refractivity contribution is 5.66. The molecule has 0 aliphatic heterocycles. The number of aliphatic carboxylic acids is 1. The van der Waals surface area contributed by atoms with Gasteiger partial charge in [0, 0.05) is 6.42 Å². The van der Waals surface area contributed by atoms with Gasteiger partial charge in [-0.2, -0.15) is 0 Å². The summed E-state index contributed by atoms with van der Waals surface area (Å²) in [5, 5.41) is 25.6. The quantitative estimate of drug-likeness (QED) is 0.168. The molecule has 0 rings (SSSR count). The summed E-state index contributed by atoms with van der Waals surface area (Å²) in [6.07, 6.45) is 23.6. The van der Waals surface area contributed by atoms with E-state index in [2.05, 4.69) is 26.0 Å². The van der Waals surface area contributed by atoms with Gasteiger partial charge in [-0.3, -0.25) is 4.79 Å². The SMILES string of the molecule is CCCCC(O)CO.CCCCCCCCC=CCCCCCCCC(=O)O. The van der Waals surface area contributed by atoms with E-state index < -0.39 is 12.1 Å². The van der Waals surface area contributed by atoms with Gasteiger partial charge in [0.15, 0.2) is 0 Å². The number of carboxylic acids is 1. The highest BCUT2D eigenvalue weighted by Crippen LogP contribution is 2.09. The summed E-state index contributed by atoms with van der Waals surface area (Å²) in [7, 11) is 0. The number of unbranched alkanes of at least 4 members (excludes halogenated alkanes) is 12. The molecule has 4 nitrogen and oxygen atoms in total. The van der Waals surface area contributed by atoms with E-state index in [9.17, 15) is 4.79 Å². The molecule has 0 saturated heterocycles. The van der Waals surface area contributed by atoms with Gasteiger partial charge < -0.3 is 15.3 Å². The van der Waals surface area contributed by atoms with Crippen molar-refractivity contribution < 1.29 is 20.1 Å². The summed E-state index contributed by atoms with van der Waals surface area (Å²) < 4.78 is 0. The molecule has 0 aliphatic rings. The van der Waals surface area contributed by atoms with Crippen molar-refractivity contribution >= 4 is 5.97 Å².